The van der Waals surface area contributed by atoms with Gasteiger partial charge in [0, 0.05) is 25.5 Å². The lowest BCUT2D eigenvalue weighted by Gasteiger charge is -2.11. The van der Waals surface area contributed by atoms with Crippen LogP contribution in [0, 0.1) is 0 Å². The predicted molar refractivity (Wildman–Crippen MR) is 73.7 cm³/mol. The monoisotopic (exact) mass is 262 g/mol. The Hall–Kier alpha value is -1.58. The lowest BCUT2D eigenvalue weighted by atomic mass is 10.1. The maximum Gasteiger partial charge on any atom is 0.131 e. The molecule has 0 aliphatic carbocycles. The molecule has 0 atom stereocenters. The molecule has 0 fully saturated rings. The standard InChI is InChI=1S/C14H15ClN2O/c1-18-10-12-5-3-2-4-11(12)9-17-13-6-7-16-14(15)8-13/h2-8H,9-10H2,1H3,(H,16,17). The smallest absolute Gasteiger partial charge is 0.131 e. The predicted octanol–water partition coefficient (Wildman–Crippen LogP) is 3.49. The van der Waals surface area contributed by atoms with Crippen LogP contribution in [0.1, 0.15) is 11.1 Å². The molecule has 0 amide bonds. The molecule has 0 spiro atoms. The van der Waals surface area contributed by atoms with E-state index in [9.17, 15) is 0 Å². The molecular formula is C14H15ClN2O. The summed E-state index contributed by atoms with van der Waals surface area (Å²) in [6.07, 6.45) is 1.69. The van der Waals surface area contributed by atoms with Gasteiger partial charge in [-0.05, 0) is 23.3 Å². The highest BCUT2D eigenvalue weighted by Gasteiger charge is 2.01. The number of anilines is 1. The largest absolute Gasteiger partial charge is 0.381 e. The summed E-state index contributed by atoms with van der Waals surface area (Å²) in [5.74, 6) is 0. The van der Waals surface area contributed by atoms with Crippen LogP contribution >= 0.6 is 11.6 Å². The fourth-order valence-corrected chi connectivity index (χ4v) is 1.91. The lowest BCUT2D eigenvalue weighted by Crippen LogP contribution is -2.03. The number of hydrogen-bond donors (Lipinski definition) is 1. The van der Waals surface area contributed by atoms with Gasteiger partial charge in [0.15, 0.2) is 0 Å². The number of hydrogen-bond acceptors (Lipinski definition) is 3. The van der Waals surface area contributed by atoms with E-state index in [-0.39, 0.29) is 0 Å². The third-order valence-corrected chi connectivity index (χ3v) is 2.83. The van der Waals surface area contributed by atoms with Gasteiger partial charge < -0.3 is 10.1 Å². The quantitative estimate of drug-likeness (QED) is 0.838. The van der Waals surface area contributed by atoms with E-state index in [0.717, 1.165) is 12.2 Å². The van der Waals surface area contributed by atoms with Crippen molar-refractivity contribution in [2.45, 2.75) is 13.2 Å². The summed E-state index contributed by atoms with van der Waals surface area (Å²) in [4.78, 5) is 3.95. The van der Waals surface area contributed by atoms with Gasteiger partial charge in [0.2, 0.25) is 0 Å². The molecule has 4 heteroatoms. The molecular weight excluding hydrogens is 248 g/mol. The van der Waals surface area contributed by atoms with Gasteiger partial charge >= 0.3 is 0 Å². The zero-order valence-corrected chi connectivity index (χ0v) is 10.9. The van der Waals surface area contributed by atoms with Crippen molar-refractivity contribution >= 4 is 17.3 Å². The van der Waals surface area contributed by atoms with E-state index in [0.29, 0.717) is 11.8 Å². The highest BCUT2D eigenvalue weighted by Crippen LogP contribution is 2.15. The normalized spacial score (nSPS) is 10.3. The number of pyridine rings is 1. The average Bonchev–Trinajstić information content (AvgIpc) is 2.38. The van der Waals surface area contributed by atoms with Crippen LogP contribution in [0.4, 0.5) is 5.69 Å². The molecule has 94 valence electrons. The third kappa shape index (κ3) is 3.45. The van der Waals surface area contributed by atoms with Crippen molar-refractivity contribution in [2.75, 3.05) is 12.4 Å². The summed E-state index contributed by atoms with van der Waals surface area (Å²) in [5, 5.41) is 3.81. The molecule has 1 aromatic carbocycles. The zero-order valence-electron chi connectivity index (χ0n) is 10.2. The molecule has 1 heterocycles. The van der Waals surface area contributed by atoms with Crippen LogP contribution in [-0.2, 0) is 17.9 Å². The third-order valence-electron chi connectivity index (χ3n) is 2.63. The Labute approximate surface area is 112 Å². The van der Waals surface area contributed by atoms with Gasteiger partial charge in [-0.2, -0.15) is 0 Å². The van der Waals surface area contributed by atoms with E-state index in [1.54, 1.807) is 19.4 Å². The fraction of sp³-hybridized carbons (Fsp3) is 0.214. The van der Waals surface area contributed by atoms with Gasteiger partial charge in [-0.15, -0.1) is 0 Å². The molecule has 0 unspecified atom stereocenters. The van der Waals surface area contributed by atoms with Crippen molar-refractivity contribution in [3.8, 4) is 0 Å². The summed E-state index contributed by atoms with van der Waals surface area (Å²) < 4.78 is 5.18. The van der Waals surface area contributed by atoms with Crippen LogP contribution < -0.4 is 5.32 Å². The van der Waals surface area contributed by atoms with Crippen LogP contribution in [0.2, 0.25) is 5.15 Å². The van der Waals surface area contributed by atoms with Crippen LogP contribution in [0.25, 0.3) is 0 Å². The second-order valence-electron chi connectivity index (χ2n) is 3.92. The van der Waals surface area contributed by atoms with Crippen molar-refractivity contribution in [3.63, 3.8) is 0 Å². The highest BCUT2D eigenvalue weighted by atomic mass is 35.5. The fourth-order valence-electron chi connectivity index (χ4n) is 1.74. The molecule has 0 radical (unpaired) electrons. The topological polar surface area (TPSA) is 34.1 Å². The van der Waals surface area contributed by atoms with Crippen LogP contribution in [0.5, 0.6) is 0 Å². The first kappa shape index (κ1) is 12.9. The van der Waals surface area contributed by atoms with Crippen molar-refractivity contribution in [2.24, 2.45) is 0 Å². The molecule has 2 rings (SSSR count). The SMILES string of the molecule is COCc1ccccc1CNc1ccnc(Cl)c1. The molecule has 3 nitrogen and oxygen atoms in total. The molecule has 18 heavy (non-hydrogen) atoms. The molecule has 1 aromatic heterocycles. The number of halogens is 1. The zero-order chi connectivity index (χ0) is 12.8. The van der Waals surface area contributed by atoms with Gasteiger partial charge in [0.05, 0.1) is 6.61 Å². The number of methoxy groups -OCH3 is 1. The van der Waals surface area contributed by atoms with E-state index in [1.165, 1.54) is 11.1 Å². The Balaban J connectivity index is 2.06. The first-order valence-electron chi connectivity index (χ1n) is 5.71. The number of ether oxygens (including phenoxy) is 1. The van der Waals surface area contributed by atoms with Gasteiger partial charge in [0.25, 0.3) is 0 Å². The van der Waals surface area contributed by atoms with Crippen LogP contribution in [0.15, 0.2) is 42.6 Å². The van der Waals surface area contributed by atoms with Gasteiger partial charge in [-0.25, -0.2) is 4.98 Å². The lowest BCUT2D eigenvalue weighted by molar-refractivity contribution is 0.184. The number of nitrogens with zero attached hydrogens (tertiary/aromatic N) is 1. The van der Waals surface area contributed by atoms with E-state index in [4.69, 9.17) is 16.3 Å². The first-order valence-corrected chi connectivity index (χ1v) is 6.08. The summed E-state index contributed by atoms with van der Waals surface area (Å²) in [5.41, 5.74) is 3.36. The Kier molecular flexibility index (Phi) is 4.56. The van der Waals surface area contributed by atoms with Crippen molar-refractivity contribution in [3.05, 3.63) is 58.9 Å². The number of aromatic nitrogens is 1. The Morgan fingerprint density at radius 3 is 2.72 bits per heavy atom. The van der Waals surface area contributed by atoms with E-state index in [2.05, 4.69) is 22.4 Å². The Morgan fingerprint density at radius 1 is 1.22 bits per heavy atom. The van der Waals surface area contributed by atoms with E-state index >= 15 is 0 Å². The van der Waals surface area contributed by atoms with Gasteiger partial charge in [0.1, 0.15) is 5.15 Å². The number of nitrogens with one attached hydrogen (secondary N) is 1. The molecule has 0 saturated carbocycles. The van der Waals surface area contributed by atoms with Gasteiger partial charge in [-0.3, -0.25) is 0 Å². The first-order chi connectivity index (χ1) is 8.79. The minimum absolute atomic E-state index is 0.491. The Morgan fingerprint density at radius 2 is 2.00 bits per heavy atom. The highest BCUT2D eigenvalue weighted by molar-refractivity contribution is 6.29. The molecule has 1 N–H and O–H groups in total. The van der Waals surface area contributed by atoms with Crippen molar-refractivity contribution in [1.29, 1.82) is 0 Å². The molecule has 0 bridgehead atoms. The second kappa shape index (κ2) is 6.38. The summed E-state index contributed by atoms with van der Waals surface area (Å²) >= 11 is 5.84. The molecule has 0 aliphatic heterocycles. The molecule has 0 saturated heterocycles. The van der Waals surface area contributed by atoms with Crippen LogP contribution in [0.3, 0.4) is 0 Å². The molecule has 0 aliphatic rings. The van der Waals surface area contributed by atoms with E-state index < -0.39 is 0 Å². The maximum absolute atomic E-state index is 5.84. The van der Waals surface area contributed by atoms with E-state index in [1.807, 2.05) is 18.2 Å². The molecule has 2 aromatic rings. The minimum Gasteiger partial charge on any atom is -0.381 e. The Bertz CT molecular complexity index is 517. The number of rotatable bonds is 5. The van der Waals surface area contributed by atoms with Gasteiger partial charge in [-0.1, -0.05) is 35.9 Å². The average molecular weight is 263 g/mol. The number of benzene rings is 1. The van der Waals surface area contributed by atoms with Crippen LogP contribution in [-0.4, -0.2) is 12.1 Å². The summed E-state index contributed by atoms with van der Waals surface area (Å²) in [6, 6.07) is 11.9. The van der Waals surface area contributed by atoms with Crippen molar-refractivity contribution < 1.29 is 4.74 Å². The second-order valence-corrected chi connectivity index (χ2v) is 4.31. The minimum atomic E-state index is 0.491. The maximum atomic E-state index is 5.84. The van der Waals surface area contributed by atoms with Crippen molar-refractivity contribution in [1.82, 2.24) is 4.98 Å². The summed E-state index contributed by atoms with van der Waals surface area (Å²) in [6.45, 7) is 1.36. The summed E-state index contributed by atoms with van der Waals surface area (Å²) in [7, 11) is 1.70.